The first-order chi connectivity index (χ1) is 9.53. The lowest BCUT2D eigenvalue weighted by Gasteiger charge is -2.23. The van der Waals surface area contributed by atoms with Gasteiger partial charge in [0, 0.05) is 31.1 Å². The van der Waals surface area contributed by atoms with Gasteiger partial charge in [0.1, 0.15) is 11.4 Å². The van der Waals surface area contributed by atoms with Crippen molar-refractivity contribution >= 4 is 0 Å². The van der Waals surface area contributed by atoms with E-state index in [1.54, 1.807) is 0 Å². The van der Waals surface area contributed by atoms with E-state index in [4.69, 9.17) is 4.74 Å². The van der Waals surface area contributed by atoms with Crippen LogP contribution in [0.3, 0.4) is 0 Å². The van der Waals surface area contributed by atoms with Crippen molar-refractivity contribution in [3.63, 3.8) is 0 Å². The number of likely N-dealkylation sites (N-methyl/N-ethyl adjacent to an activating group) is 1. The number of ether oxygens (including phenoxy) is 1. The molecule has 3 rings (SSSR count). The Hall–Kier alpha value is -1.06. The molecule has 0 radical (unpaired) electrons. The predicted molar refractivity (Wildman–Crippen MR) is 82.2 cm³/mol. The van der Waals surface area contributed by atoms with Gasteiger partial charge in [0.15, 0.2) is 0 Å². The highest BCUT2D eigenvalue weighted by atomic mass is 16.5. The summed E-state index contributed by atoms with van der Waals surface area (Å²) in [6.45, 7) is 7.60. The highest BCUT2D eigenvalue weighted by Crippen LogP contribution is 2.37. The lowest BCUT2D eigenvalue weighted by atomic mass is 10.0. The second-order valence-corrected chi connectivity index (χ2v) is 6.93. The number of hydrogen-bond acceptors (Lipinski definition) is 3. The second kappa shape index (κ2) is 5.38. The topological polar surface area (TPSA) is 24.5 Å². The van der Waals surface area contributed by atoms with Gasteiger partial charge in [-0.1, -0.05) is 18.2 Å². The average Bonchev–Trinajstić information content (AvgIpc) is 2.95. The van der Waals surface area contributed by atoms with Gasteiger partial charge in [0.05, 0.1) is 0 Å². The summed E-state index contributed by atoms with van der Waals surface area (Å²) in [5, 5.41) is 3.57. The molecule has 110 valence electrons. The van der Waals surface area contributed by atoms with E-state index in [2.05, 4.69) is 49.3 Å². The maximum atomic E-state index is 6.15. The Morgan fingerprint density at radius 1 is 1.40 bits per heavy atom. The predicted octanol–water partition coefficient (Wildman–Crippen LogP) is 2.58. The summed E-state index contributed by atoms with van der Waals surface area (Å²) in [7, 11) is 2.21. The Morgan fingerprint density at radius 3 is 3.00 bits per heavy atom. The molecule has 1 aromatic carbocycles. The van der Waals surface area contributed by atoms with E-state index in [0.717, 1.165) is 25.3 Å². The largest absolute Gasteiger partial charge is 0.487 e. The fourth-order valence-electron chi connectivity index (χ4n) is 3.45. The first-order valence-corrected chi connectivity index (χ1v) is 7.75. The number of nitrogens with zero attached hydrogens (tertiary/aromatic N) is 1. The van der Waals surface area contributed by atoms with Crippen molar-refractivity contribution in [2.24, 2.45) is 0 Å². The summed E-state index contributed by atoms with van der Waals surface area (Å²) >= 11 is 0. The van der Waals surface area contributed by atoms with Gasteiger partial charge < -0.3 is 15.0 Å². The Kier molecular flexibility index (Phi) is 3.74. The number of rotatable bonds is 4. The van der Waals surface area contributed by atoms with Crippen LogP contribution in [0, 0.1) is 0 Å². The molecule has 3 nitrogen and oxygen atoms in total. The van der Waals surface area contributed by atoms with Gasteiger partial charge in [-0.05, 0) is 45.8 Å². The van der Waals surface area contributed by atoms with Crippen molar-refractivity contribution in [2.75, 3.05) is 20.1 Å². The van der Waals surface area contributed by atoms with Crippen LogP contribution >= 0.6 is 0 Å². The Labute approximate surface area is 122 Å². The molecule has 1 unspecified atom stereocenters. The van der Waals surface area contributed by atoms with E-state index in [1.165, 1.54) is 30.5 Å². The second-order valence-electron chi connectivity index (χ2n) is 6.93. The van der Waals surface area contributed by atoms with Gasteiger partial charge in [-0.15, -0.1) is 0 Å². The zero-order valence-corrected chi connectivity index (χ0v) is 12.9. The van der Waals surface area contributed by atoms with Crippen LogP contribution in [-0.4, -0.2) is 36.7 Å². The molecule has 2 aliphatic rings. The fourth-order valence-corrected chi connectivity index (χ4v) is 3.45. The summed E-state index contributed by atoms with van der Waals surface area (Å²) < 4.78 is 6.15. The van der Waals surface area contributed by atoms with Crippen molar-refractivity contribution in [2.45, 2.75) is 51.3 Å². The van der Waals surface area contributed by atoms with Crippen LogP contribution in [0.2, 0.25) is 0 Å². The Balaban J connectivity index is 1.68. The average molecular weight is 274 g/mol. The molecule has 0 aromatic heterocycles. The molecule has 0 aliphatic carbocycles. The molecule has 1 saturated heterocycles. The van der Waals surface area contributed by atoms with Gasteiger partial charge in [-0.2, -0.15) is 0 Å². The molecule has 1 atom stereocenters. The van der Waals surface area contributed by atoms with E-state index in [1.807, 2.05) is 0 Å². The highest BCUT2D eigenvalue weighted by molar-refractivity contribution is 5.45. The quantitative estimate of drug-likeness (QED) is 0.913. The highest BCUT2D eigenvalue weighted by Gasteiger charge is 2.31. The molecule has 0 spiro atoms. The molecular formula is C17H26N2O. The summed E-state index contributed by atoms with van der Waals surface area (Å²) in [4.78, 5) is 2.41. The zero-order chi connectivity index (χ0) is 14.2. The molecule has 1 N–H and O–H groups in total. The number of nitrogens with one attached hydrogen (secondary N) is 1. The first kappa shape index (κ1) is 13.9. The number of benzene rings is 1. The lowest BCUT2D eigenvalue weighted by Crippen LogP contribution is -2.35. The van der Waals surface area contributed by atoms with E-state index < -0.39 is 0 Å². The zero-order valence-electron chi connectivity index (χ0n) is 12.9. The molecule has 20 heavy (non-hydrogen) atoms. The normalized spacial score (nSPS) is 23.9. The van der Waals surface area contributed by atoms with Crippen LogP contribution in [0.15, 0.2) is 18.2 Å². The third-order valence-corrected chi connectivity index (χ3v) is 4.31. The lowest BCUT2D eigenvalue weighted by molar-refractivity contribution is 0.135. The maximum Gasteiger partial charge on any atom is 0.127 e. The van der Waals surface area contributed by atoms with Gasteiger partial charge >= 0.3 is 0 Å². The van der Waals surface area contributed by atoms with Crippen LogP contribution in [0.5, 0.6) is 5.75 Å². The van der Waals surface area contributed by atoms with Crippen molar-refractivity contribution in [3.8, 4) is 5.75 Å². The number of fused-ring (bicyclic) bond motifs is 1. The van der Waals surface area contributed by atoms with Crippen LogP contribution in [0.25, 0.3) is 0 Å². The monoisotopic (exact) mass is 274 g/mol. The molecule has 0 saturated carbocycles. The van der Waals surface area contributed by atoms with Crippen LogP contribution in [-0.2, 0) is 13.0 Å². The molecule has 0 amide bonds. The molecule has 2 aliphatic heterocycles. The summed E-state index contributed by atoms with van der Waals surface area (Å²) in [5.41, 5.74) is 2.64. The van der Waals surface area contributed by atoms with Crippen molar-refractivity contribution in [3.05, 3.63) is 29.3 Å². The first-order valence-electron chi connectivity index (χ1n) is 7.75. The van der Waals surface area contributed by atoms with Gasteiger partial charge in [0.25, 0.3) is 0 Å². The van der Waals surface area contributed by atoms with E-state index in [-0.39, 0.29) is 5.60 Å². The summed E-state index contributed by atoms with van der Waals surface area (Å²) in [6, 6.07) is 7.24. The Morgan fingerprint density at radius 2 is 2.25 bits per heavy atom. The minimum Gasteiger partial charge on any atom is -0.487 e. The minimum absolute atomic E-state index is 0.0516. The molecular weight excluding hydrogens is 248 g/mol. The molecule has 3 heteroatoms. The van der Waals surface area contributed by atoms with Crippen LogP contribution < -0.4 is 10.1 Å². The molecule has 1 fully saturated rings. The minimum atomic E-state index is -0.0516. The van der Waals surface area contributed by atoms with Crippen LogP contribution in [0.4, 0.5) is 0 Å². The molecule has 0 bridgehead atoms. The van der Waals surface area contributed by atoms with Crippen molar-refractivity contribution in [1.82, 2.24) is 10.2 Å². The van der Waals surface area contributed by atoms with E-state index in [9.17, 15) is 0 Å². The Bertz CT molecular complexity index is 478. The third kappa shape index (κ3) is 2.99. The van der Waals surface area contributed by atoms with Gasteiger partial charge in [-0.3, -0.25) is 0 Å². The van der Waals surface area contributed by atoms with Crippen LogP contribution in [0.1, 0.15) is 37.8 Å². The van der Waals surface area contributed by atoms with Crippen molar-refractivity contribution < 1.29 is 4.74 Å². The van der Waals surface area contributed by atoms with Gasteiger partial charge in [0.2, 0.25) is 0 Å². The fraction of sp³-hybridized carbons (Fsp3) is 0.647. The van der Waals surface area contributed by atoms with Gasteiger partial charge in [-0.25, -0.2) is 0 Å². The van der Waals surface area contributed by atoms with Crippen molar-refractivity contribution in [1.29, 1.82) is 0 Å². The summed E-state index contributed by atoms with van der Waals surface area (Å²) in [5.74, 6) is 1.13. The molecule has 2 heterocycles. The van der Waals surface area contributed by atoms with E-state index in [0.29, 0.717) is 6.04 Å². The third-order valence-electron chi connectivity index (χ3n) is 4.31. The summed E-state index contributed by atoms with van der Waals surface area (Å²) in [6.07, 6.45) is 3.64. The smallest absolute Gasteiger partial charge is 0.127 e. The number of para-hydroxylation sites is 1. The number of hydrogen-bond donors (Lipinski definition) is 1. The molecule has 1 aromatic rings. The van der Waals surface area contributed by atoms with E-state index >= 15 is 0 Å². The standard InChI is InChI=1S/C17H26N2O/c1-17(2)10-13-6-4-7-14(16(13)20-17)11-19(3)12-15-8-5-9-18-15/h4,6-7,15,18H,5,8-12H2,1-3H3. The maximum absolute atomic E-state index is 6.15. The SMILES string of the molecule is CN(Cc1cccc2c1OC(C)(C)C2)CC1CCCN1.